The van der Waals surface area contributed by atoms with Gasteiger partial charge in [-0.1, -0.05) is 0 Å². The van der Waals surface area contributed by atoms with Crippen LogP contribution in [0.15, 0.2) is 0 Å². The number of carbonyl (C=O) groups is 1. The average Bonchev–Trinajstić information content (AvgIpc) is 1.94. The van der Waals surface area contributed by atoms with E-state index in [1.165, 1.54) is 0 Å². The second-order valence-electron chi connectivity index (χ2n) is 6.25. The number of rotatable bonds is 4. The van der Waals surface area contributed by atoms with Crippen molar-refractivity contribution < 1.29 is 9.53 Å². The summed E-state index contributed by atoms with van der Waals surface area (Å²) in [7, 11) is 0. The lowest BCUT2D eigenvalue weighted by Gasteiger charge is -2.34. The van der Waals surface area contributed by atoms with Gasteiger partial charge in [0.05, 0.1) is 5.54 Å². The summed E-state index contributed by atoms with van der Waals surface area (Å²) in [6.45, 7) is 12.3. The first kappa shape index (κ1) is 14.3. The van der Waals surface area contributed by atoms with Crippen molar-refractivity contribution in [3.8, 4) is 0 Å². The van der Waals surface area contributed by atoms with E-state index >= 15 is 0 Å². The molecule has 1 rings (SSSR count). The van der Waals surface area contributed by atoms with Crippen LogP contribution in [0.5, 0.6) is 0 Å². The molecule has 0 atom stereocenters. The number of hydrogen-bond donors (Lipinski definition) is 3. The SMILES string of the molecule is CC(C)(CNC1CNC1)NC(=O)OC(C)(C)C. The zero-order valence-corrected chi connectivity index (χ0v) is 11.5. The zero-order valence-electron chi connectivity index (χ0n) is 11.5. The standard InChI is InChI=1S/C12H25N3O2/c1-11(2,3)17-10(16)15-12(4,5)8-14-9-6-13-7-9/h9,13-14H,6-8H2,1-5H3,(H,15,16). The maximum Gasteiger partial charge on any atom is 0.408 e. The van der Waals surface area contributed by atoms with Crippen LogP contribution in [0.2, 0.25) is 0 Å². The van der Waals surface area contributed by atoms with Crippen LogP contribution in [-0.2, 0) is 4.74 Å². The minimum absolute atomic E-state index is 0.308. The highest BCUT2D eigenvalue weighted by Gasteiger charge is 2.26. The minimum Gasteiger partial charge on any atom is -0.444 e. The molecule has 0 spiro atoms. The number of ether oxygens (including phenoxy) is 1. The Morgan fingerprint density at radius 2 is 1.88 bits per heavy atom. The first-order chi connectivity index (χ1) is 7.68. The number of hydrogen-bond acceptors (Lipinski definition) is 4. The van der Waals surface area contributed by atoms with Crippen molar-refractivity contribution in [2.75, 3.05) is 19.6 Å². The van der Waals surface area contributed by atoms with Crippen LogP contribution in [0.25, 0.3) is 0 Å². The van der Waals surface area contributed by atoms with Gasteiger partial charge in [0.25, 0.3) is 0 Å². The zero-order chi connectivity index (χ0) is 13.1. The summed E-state index contributed by atoms with van der Waals surface area (Å²) in [4.78, 5) is 11.6. The van der Waals surface area contributed by atoms with E-state index in [1.54, 1.807) is 0 Å². The molecule has 17 heavy (non-hydrogen) atoms. The van der Waals surface area contributed by atoms with Crippen molar-refractivity contribution in [2.45, 2.75) is 51.8 Å². The van der Waals surface area contributed by atoms with Gasteiger partial charge in [-0.3, -0.25) is 0 Å². The molecule has 1 aliphatic heterocycles. The van der Waals surface area contributed by atoms with Gasteiger partial charge in [-0.25, -0.2) is 4.79 Å². The van der Waals surface area contributed by atoms with E-state index in [0.29, 0.717) is 6.04 Å². The highest BCUT2D eigenvalue weighted by Crippen LogP contribution is 2.09. The Bertz CT molecular complexity index is 267. The van der Waals surface area contributed by atoms with Crippen LogP contribution in [0, 0.1) is 0 Å². The van der Waals surface area contributed by atoms with E-state index in [0.717, 1.165) is 19.6 Å². The van der Waals surface area contributed by atoms with Crippen molar-refractivity contribution in [2.24, 2.45) is 0 Å². The first-order valence-corrected chi connectivity index (χ1v) is 6.13. The van der Waals surface area contributed by atoms with Gasteiger partial charge in [-0.15, -0.1) is 0 Å². The van der Waals surface area contributed by atoms with E-state index < -0.39 is 5.60 Å². The molecule has 0 radical (unpaired) electrons. The summed E-state index contributed by atoms with van der Waals surface area (Å²) in [6.07, 6.45) is -0.365. The molecule has 0 aromatic heterocycles. The van der Waals surface area contributed by atoms with Gasteiger partial charge in [-0.05, 0) is 34.6 Å². The normalized spacial score (nSPS) is 17.5. The predicted molar refractivity (Wildman–Crippen MR) is 68.1 cm³/mol. The third-order valence-electron chi connectivity index (χ3n) is 2.45. The van der Waals surface area contributed by atoms with Gasteiger partial charge >= 0.3 is 6.09 Å². The summed E-state index contributed by atoms with van der Waals surface area (Å²) in [5.74, 6) is 0. The average molecular weight is 243 g/mol. The van der Waals surface area contributed by atoms with Crippen LogP contribution >= 0.6 is 0 Å². The summed E-state index contributed by atoms with van der Waals surface area (Å²) in [5.41, 5.74) is -0.761. The third kappa shape index (κ3) is 5.89. The molecule has 0 bridgehead atoms. The number of amides is 1. The van der Waals surface area contributed by atoms with Gasteiger partial charge < -0.3 is 20.7 Å². The van der Waals surface area contributed by atoms with Crippen molar-refractivity contribution in [3.63, 3.8) is 0 Å². The smallest absolute Gasteiger partial charge is 0.408 e. The fourth-order valence-electron chi connectivity index (χ4n) is 1.46. The van der Waals surface area contributed by atoms with Gasteiger partial charge in [-0.2, -0.15) is 0 Å². The van der Waals surface area contributed by atoms with Gasteiger partial charge in [0, 0.05) is 25.7 Å². The van der Waals surface area contributed by atoms with Crippen LogP contribution in [-0.4, -0.2) is 42.9 Å². The monoisotopic (exact) mass is 243 g/mol. The van der Waals surface area contributed by atoms with Crippen molar-refractivity contribution in [1.82, 2.24) is 16.0 Å². The van der Waals surface area contributed by atoms with Crippen LogP contribution in [0.1, 0.15) is 34.6 Å². The molecular formula is C12H25N3O2. The Labute approximate surface area is 104 Å². The number of nitrogens with one attached hydrogen (secondary N) is 3. The molecule has 1 aliphatic rings. The van der Waals surface area contributed by atoms with E-state index in [9.17, 15) is 4.79 Å². The highest BCUT2D eigenvalue weighted by atomic mass is 16.6. The van der Waals surface area contributed by atoms with Crippen LogP contribution in [0.4, 0.5) is 4.79 Å². The van der Waals surface area contributed by atoms with E-state index in [4.69, 9.17) is 4.74 Å². The maximum atomic E-state index is 11.6. The Balaban J connectivity index is 2.28. The second-order valence-corrected chi connectivity index (χ2v) is 6.25. The minimum atomic E-state index is -0.453. The van der Waals surface area contributed by atoms with Crippen LogP contribution in [0.3, 0.4) is 0 Å². The van der Waals surface area contributed by atoms with Gasteiger partial charge in [0.1, 0.15) is 5.60 Å². The molecule has 1 saturated heterocycles. The van der Waals surface area contributed by atoms with Gasteiger partial charge in [0.15, 0.2) is 0 Å². The highest BCUT2D eigenvalue weighted by molar-refractivity contribution is 5.68. The molecule has 5 nitrogen and oxygen atoms in total. The maximum absolute atomic E-state index is 11.6. The fraction of sp³-hybridized carbons (Fsp3) is 0.917. The summed E-state index contributed by atoms with van der Waals surface area (Å²) in [5, 5.41) is 9.46. The molecular weight excluding hydrogens is 218 g/mol. The fourth-order valence-corrected chi connectivity index (χ4v) is 1.46. The first-order valence-electron chi connectivity index (χ1n) is 6.13. The summed E-state index contributed by atoms with van der Waals surface area (Å²) in [6, 6.07) is 0.523. The lowest BCUT2D eigenvalue weighted by Crippen LogP contribution is -2.60. The molecule has 1 heterocycles. The van der Waals surface area contributed by atoms with Crippen molar-refractivity contribution in [1.29, 1.82) is 0 Å². The largest absolute Gasteiger partial charge is 0.444 e. The quantitative estimate of drug-likeness (QED) is 0.685. The molecule has 1 fully saturated rings. The molecule has 3 N–H and O–H groups in total. The lowest BCUT2D eigenvalue weighted by atomic mass is 10.0. The molecule has 1 amide bonds. The Kier molecular flexibility index (Phi) is 4.38. The molecule has 0 aliphatic carbocycles. The van der Waals surface area contributed by atoms with Crippen molar-refractivity contribution >= 4 is 6.09 Å². The molecule has 0 aromatic carbocycles. The molecule has 0 saturated carbocycles. The van der Waals surface area contributed by atoms with Crippen molar-refractivity contribution in [3.05, 3.63) is 0 Å². The molecule has 0 unspecified atom stereocenters. The topological polar surface area (TPSA) is 62.4 Å². The molecule has 100 valence electrons. The second kappa shape index (κ2) is 5.23. The Hall–Kier alpha value is -0.810. The predicted octanol–water partition coefficient (Wildman–Crippen LogP) is 0.851. The Morgan fingerprint density at radius 1 is 1.29 bits per heavy atom. The lowest BCUT2D eigenvalue weighted by molar-refractivity contribution is 0.0469. The summed E-state index contributed by atoms with van der Waals surface area (Å²) >= 11 is 0. The van der Waals surface area contributed by atoms with Crippen LogP contribution < -0.4 is 16.0 Å². The molecule has 0 aromatic rings. The van der Waals surface area contributed by atoms with Gasteiger partial charge in [0.2, 0.25) is 0 Å². The Morgan fingerprint density at radius 3 is 2.29 bits per heavy atom. The number of alkyl carbamates (subject to hydrolysis) is 1. The molecule has 5 heteroatoms. The van der Waals surface area contributed by atoms with E-state index in [-0.39, 0.29) is 11.6 Å². The van der Waals surface area contributed by atoms with E-state index in [2.05, 4.69) is 16.0 Å². The number of carbonyl (C=O) groups excluding carboxylic acids is 1. The summed E-state index contributed by atoms with van der Waals surface area (Å²) < 4.78 is 5.23. The third-order valence-corrected chi connectivity index (χ3v) is 2.45. The van der Waals surface area contributed by atoms with E-state index in [1.807, 2.05) is 34.6 Å².